The molecule has 30 heavy (non-hydrogen) atoms. The van der Waals surface area contributed by atoms with Gasteiger partial charge in [0.15, 0.2) is 0 Å². The van der Waals surface area contributed by atoms with Gasteiger partial charge in [0.25, 0.3) is 0 Å². The summed E-state index contributed by atoms with van der Waals surface area (Å²) in [6.07, 6.45) is -5.09. The summed E-state index contributed by atoms with van der Waals surface area (Å²) >= 11 is 0. The van der Waals surface area contributed by atoms with Crippen LogP contribution in [0.5, 0.6) is 11.5 Å². The summed E-state index contributed by atoms with van der Waals surface area (Å²) in [6, 6.07) is 6.97. The smallest absolute Gasteiger partial charge is 0.425 e. The number of aryl methyl sites for hydroxylation is 1. The highest BCUT2D eigenvalue weighted by Crippen LogP contribution is 2.45. The maximum absolute atomic E-state index is 13.8. The summed E-state index contributed by atoms with van der Waals surface area (Å²) in [7, 11) is 2.98. The van der Waals surface area contributed by atoms with Gasteiger partial charge in [-0.2, -0.15) is 13.2 Å². The van der Waals surface area contributed by atoms with Gasteiger partial charge in [-0.05, 0) is 50.1 Å². The number of hydrogen-bond donors (Lipinski definition) is 1. The van der Waals surface area contributed by atoms with Crippen LogP contribution in [0.3, 0.4) is 0 Å². The van der Waals surface area contributed by atoms with Crippen LogP contribution < -0.4 is 9.47 Å². The molecule has 164 valence electrons. The quantitative estimate of drug-likeness (QED) is 0.751. The minimum absolute atomic E-state index is 0.209. The fourth-order valence-electron chi connectivity index (χ4n) is 3.79. The Bertz CT molecular complexity index is 910. The number of hydrogen-bond acceptors (Lipinski definition) is 5. The lowest BCUT2D eigenvalue weighted by Gasteiger charge is -2.32. The molecular weight excluding hydrogens is 403 g/mol. The van der Waals surface area contributed by atoms with Crippen molar-refractivity contribution in [2.24, 2.45) is 0 Å². The zero-order chi connectivity index (χ0) is 22.1. The second-order valence-electron chi connectivity index (χ2n) is 7.30. The van der Waals surface area contributed by atoms with Crippen molar-refractivity contribution in [3.8, 4) is 11.5 Å². The second kappa shape index (κ2) is 8.22. The van der Waals surface area contributed by atoms with E-state index in [1.165, 1.54) is 32.1 Å². The first-order chi connectivity index (χ1) is 14.1. The number of carbonyl (C=O) groups is 1. The van der Waals surface area contributed by atoms with E-state index in [1.807, 2.05) is 0 Å². The molecule has 2 atom stereocenters. The molecule has 1 aromatic carbocycles. The maximum atomic E-state index is 13.8. The van der Waals surface area contributed by atoms with Crippen LogP contribution in [-0.4, -0.2) is 42.9 Å². The first-order valence-corrected chi connectivity index (χ1v) is 9.48. The normalized spacial score (nSPS) is 18.9. The number of benzene rings is 1. The van der Waals surface area contributed by atoms with Gasteiger partial charge in [-0.15, -0.1) is 0 Å². The van der Waals surface area contributed by atoms with Crippen LogP contribution in [-0.2, 0) is 10.4 Å². The minimum atomic E-state index is -5.09. The third-order valence-corrected chi connectivity index (χ3v) is 5.39. The van der Waals surface area contributed by atoms with Crippen molar-refractivity contribution in [3.63, 3.8) is 0 Å². The van der Waals surface area contributed by atoms with Gasteiger partial charge >= 0.3 is 6.18 Å². The van der Waals surface area contributed by atoms with Crippen molar-refractivity contribution >= 4 is 5.91 Å². The number of methoxy groups -OCH3 is 2. The Morgan fingerprint density at radius 1 is 1.23 bits per heavy atom. The molecular formula is C21H24F3NO5. The van der Waals surface area contributed by atoms with Crippen molar-refractivity contribution in [1.82, 2.24) is 4.90 Å². The summed E-state index contributed by atoms with van der Waals surface area (Å²) in [5, 5.41) is 10.5. The summed E-state index contributed by atoms with van der Waals surface area (Å²) < 4.78 is 56.9. The van der Waals surface area contributed by atoms with Crippen LogP contribution in [0.2, 0.25) is 0 Å². The number of aliphatic hydroxyl groups is 1. The van der Waals surface area contributed by atoms with Gasteiger partial charge in [-0.3, -0.25) is 4.79 Å². The highest BCUT2D eigenvalue weighted by Gasteiger charge is 2.59. The molecule has 1 amide bonds. The average Bonchev–Trinajstić information content (AvgIpc) is 3.35. The Labute approximate surface area is 172 Å². The molecule has 0 saturated carbocycles. The van der Waals surface area contributed by atoms with E-state index in [9.17, 15) is 23.1 Å². The lowest BCUT2D eigenvalue weighted by atomic mass is 9.94. The largest absolute Gasteiger partial charge is 0.497 e. The number of nitrogens with zero attached hydrogens (tertiary/aromatic N) is 1. The number of ether oxygens (including phenoxy) is 2. The lowest BCUT2D eigenvalue weighted by Crippen LogP contribution is -2.46. The van der Waals surface area contributed by atoms with Crippen molar-refractivity contribution in [1.29, 1.82) is 0 Å². The molecule has 0 bridgehead atoms. The van der Waals surface area contributed by atoms with Crippen LogP contribution in [0.1, 0.15) is 42.4 Å². The van der Waals surface area contributed by atoms with Gasteiger partial charge in [0.2, 0.25) is 11.5 Å². The molecule has 2 heterocycles. The fraction of sp³-hybridized carbons (Fsp3) is 0.476. The van der Waals surface area contributed by atoms with Crippen molar-refractivity contribution in [3.05, 3.63) is 47.4 Å². The zero-order valence-electron chi connectivity index (χ0n) is 17.0. The molecule has 9 heteroatoms. The summed E-state index contributed by atoms with van der Waals surface area (Å²) in [5.41, 5.74) is -2.77. The van der Waals surface area contributed by atoms with Crippen LogP contribution >= 0.6 is 0 Å². The fourth-order valence-corrected chi connectivity index (χ4v) is 3.79. The van der Waals surface area contributed by atoms with Crippen LogP contribution in [0.25, 0.3) is 0 Å². The highest BCUT2D eigenvalue weighted by molar-refractivity contribution is 5.78. The van der Waals surface area contributed by atoms with E-state index in [-0.39, 0.29) is 12.3 Å². The van der Waals surface area contributed by atoms with E-state index < -0.39 is 35.9 Å². The third kappa shape index (κ3) is 3.98. The van der Waals surface area contributed by atoms with E-state index in [0.717, 1.165) is 6.07 Å². The Hall–Kier alpha value is -2.68. The van der Waals surface area contributed by atoms with Crippen LogP contribution in [0, 0.1) is 6.92 Å². The first-order valence-electron chi connectivity index (χ1n) is 9.48. The summed E-state index contributed by atoms with van der Waals surface area (Å²) in [5.74, 6) is -0.261. The lowest BCUT2D eigenvalue weighted by molar-refractivity contribution is -0.274. The van der Waals surface area contributed by atoms with E-state index in [1.54, 1.807) is 18.2 Å². The number of likely N-dealkylation sites (tertiary alicyclic amines) is 1. The molecule has 1 aliphatic rings. The molecule has 0 unspecified atom stereocenters. The molecule has 1 saturated heterocycles. The van der Waals surface area contributed by atoms with Crippen molar-refractivity contribution < 1.29 is 37.0 Å². The molecule has 1 aromatic heterocycles. The molecule has 0 aliphatic carbocycles. The Balaban J connectivity index is 1.92. The standard InChI is InChI=1S/C21H24F3NO5/c1-13-6-9-18(30-13)20(27,21(22,23)24)12-19(26)25-10-4-5-16(25)15-11-14(28-2)7-8-17(15)29-3/h6-9,11,16,27H,4-5,10,12H2,1-3H3/t16-,20+/m0/s1. The highest BCUT2D eigenvalue weighted by atomic mass is 19.4. The van der Waals surface area contributed by atoms with Gasteiger partial charge in [0.05, 0.1) is 26.7 Å². The predicted octanol–water partition coefficient (Wildman–Crippen LogP) is 4.11. The van der Waals surface area contributed by atoms with E-state index in [2.05, 4.69) is 0 Å². The summed E-state index contributed by atoms with van der Waals surface area (Å²) in [4.78, 5) is 14.3. The molecule has 1 N–H and O–H groups in total. The van der Waals surface area contributed by atoms with Crippen molar-refractivity contribution in [2.75, 3.05) is 20.8 Å². The van der Waals surface area contributed by atoms with Crippen LogP contribution in [0.15, 0.2) is 34.7 Å². The Morgan fingerprint density at radius 2 is 1.97 bits per heavy atom. The SMILES string of the molecule is COc1ccc(OC)c([C@@H]2CCCN2C(=O)C[C@@](O)(c2ccc(C)o2)C(F)(F)F)c1. The third-order valence-electron chi connectivity index (χ3n) is 5.39. The number of carbonyl (C=O) groups excluding carboxylic acids is 1. The van der Waals surface area contributed by atoms with E-state index in [4.69, 9.17) is 13.9 Å². The molecule has 3 rings (SSSR count). The molecule has 1 aliphatic heterocycles. The topological polar surface area (TPSA) is 72.1 Å². The Morgan fingerprint density at radius 3 is 2.53 bits per heavy atom. The average molecular weight is 427 g/mol. The van der Waals surface area contributed by atoms with E-state index >= 15 is 0 Å². The summed E-state index contributed by atoms with van der Waals surface area (Å²) in [6.45, 7) is 1.74. The van der Waals surface area contributed by atoms with Gasteiger partial charge in [0, 0.05) is 12.1 Å². The monoisotopic (exact) mass is 427 g/mol. The Kier molecular flexibility index (Phi) is 6.03. The van der Waals surface area contributed by atoms with Gasteiger partial charge in [-0.1, -0.05) is 0 Å². The molecule has 0 radical (unpaired) electrons. The molecule has 2 aromatic rings. The number of amides is 1. The zero-order valence-corrected chi connectivity index (χ0v) is 17.0. The van der Waals surface area contributed by atoms with E-state index in [0.29, 0.717) is 29.9 Å². The number of rotatable bonds is 6. The van der Waals surface area contributed by atoms with Crippen LogP contribution in [0.4, 0.5) is 13.2 Å². The number of alkyl halides is 3. The van der Waals surface area contributed by atoms with Gasteiger partial charge in [-0.25, -0.2) is 0 Å². The number of halogens is 3. The van der Waals surface area contributed by atoms with Gasteiger partial charge < -0.3 is 23.9 Å². The molecule has 0 spiro atoms. The number of furan rings is 1. The predicted molar refractivity (Wildman–Crippen MR) is 101 cm³/mol. The first kappa shape index (κ1) is 22.0. The molecule has 1 fully saturated rings. The molecule has 6 nitrogen and oxygen atoms in total. The maximum Gasteiger partial charge on any atom is 0.425 e. The van der Waals surface area contributed by atoms with Crippen molar-refractivity contribution in [2.45, 2.75) is 44.0 Å². The minimum Gasteiger partial charge on any atom is -0.497 e. The second-order valence-corrected chi connectivity index (χ2v) is 7.30. The van der Waals surface area contributed by atoms with Gasteiger partial charge in [0.1, 0.15) is 23.0 Å².